The number of primary amides is 1. The van der Waals surface area contributed by atoms with Gasteiger partial charge in [0, 0.05) is 36.5 Å². The number of ether oxygens (including phenoxy) is 1. The van der Waals surface area contributed by atoms with Gasteiger partial charge in [0.15, 0.2) is 0 Å². The molecule has 10 nitrogen and oxygen atoms in total. The number of fused-ring (bicyclic) bond motifs is 1. The molecule has 0 spiro atoms. The van der Waals surface area contributed by atoms with Crippen molar-refractivity contribution in [2.24, 2.45) is 17.8 Å². The van der Waals surface area contributed by atoms with Crippen LogP contribution in [0.5, 0.6) is 5.75 Å². The van der Waals surface area contributed by atoms with Gasteiger partial charge in [-0.05, 0) is 30.2 Å². The fourth-order valence-corrected chi connectivity index (χ4v) is 5.42. The predicted molar refractivity (Wildman–Crippen MR) is 143 cm³/mol. The van der Waals surface area contributed by atoms with Crippen molar-refractivity contribution in [1.29, 1.82) is 0 Å². The first-order valence-electron chi connectivity index (χ1n) is 11.2. The normalized spacial score (nSPS) is 13.3. The van der Waals surface area contributed by atoms with Gasteiger partial charge in [-0.1, -0.05) is 29.8 Å². The molecular weight excluding hydrogens is 516 g/mol. The van der Waals surface area contributed by atoms with E-state index >= 15 is 0 Å². The van der Waals surface area contributed by atoms with Crippen LogP contribution in [0.15, 0.2) is 59.9 Å². The quantitative estimate of drug-likeness (QED) is 0.241. The molecule has 1 amide bonds. The van der Waals surface area contributed by atoms with Crippen molar-refractivity contribution in [1.82, 2.24) is 9.78 Å². The molecule has 0 fully saturated rings. The van der Waals surface area contributed by atoms with Gasteiger partial charge in [-0.15, -0.1) is 11.3 Å². The lowest BCUT2D eigenvalue weighted by molar-refractivity contribution is -0.384. The van der Waals surface area contributed by atoms with Gasteiger partial charge in [-0.25, -0.2) is 0 Å². The number of carbonyl (C=O) groups excluding carboxylic acids is 1. The highest BCUT2D eigenvalue weighted by Crippen LogP contribution is 2.43. The molecule has 4 aromatic rings. The van der Waals surface area contributed by atoms with Crippen LogP contribution in [0, 0.1) is 10.1 Å². The van der Waals surface area contributed by atoms with Gasteiger partial charge in [-0.2, -0.15) is 5.10 Å². The van der Waals surface area contributed by atoms with Crippen molar-refractivity contribution in [3.63, 3.8) is 0 Å². The van der Waals surface area contributed by atoms with Crippen molar-refractivity contribution >= 4 is 51.6 Å². The topological polar surface area (TPSA) is 129 Å². The lowest BCUT2D eigenvalue weighted by atomic mass is 10.0. The molecule has 37 heavy (non-hydrogen) atoms. The van der Waals surface area contributed by atoms with Crippen LogP contribution in [-0.2, 0) is 13.6 Å². The molecule has 188 valence electrons. The molecule has 1 atom stereocenters. The highest BCUT2D eigenvalue weighted by Gasteiger charge is 2.26. The number of nitro groups is 1. The zero-order chi connectivity index (χ0) is 26.3. The Balaban J connectivity index is 1.47. The van der Waals surface area contributed by atoms with E-state index in [1.54, 1.807) is 30.1 Å². The SMILES string of the molecule is CC(Oc1cc(N2C=NCc3cc(-c4cnn(C)c4)ccc32)sc1C(N)=O)c1cccc([N+](=O)[O-])c1Cl. The zero-order valence-corrected chi connectivity index (χ0v) is 21.4. The number of carbonyl (C=O) groups is 1. The first kappa shape index (κ1) is 24.5. The molecule has 2 N–H and O–H groups in total. The molecule has 2 aromatic carbocycles. The summed E-state index contributed by atoms with van der Waals surface area (Å²) >= 11 is 7.44. The number of nitrogens with two attached hydrogens (primary N) is 1. The number of nitrogens with zero attached hydrogens (tertiary/aromatic N) is 5. The van der Waals surface area contributed by atoms with E-state index in [9.17, 15) is 14.9 Å². The molecule has 0 saturated heterocycles. The van der Waals surface area contributed by atoms with Crippen LogP contribution in [0.4, 0.5) is 16.4 Å². The fraction of sp³-hybridized carbons (Fsp3) is 0.160. The minimum absolute atomic E-state index is 0.0161. The van der Waals surface area contributed by atoms with Gasteiger partial charge in [-0.3, -0.25) is 29.5 Å². The first-order valence-corrected chi connectivity index (χ1v) is 12.4. The average molecular weight is 537 g/mol. The third-order valence-electron chi connectivity index (χ3n) is 5.93. The summed E-state index contributed by atoms with van der Waals surface area (Å²) in [6.45, 7) is 2.21. The summed E-state index contributed by atoms with van der Waals surface area (Å²) < 4.78 is 7.82. The number of aromatic nitrogens is 2. The number of rotatable bonds is 7. The van der Waals surface area contributed by atoms with Crippen molar-refractivity contribution in [3.05, 3.63) is 86.0 Å². The van der Waals surface area contributed by atoms with E-state index in [1.165, 1.54) is 23.5 Å². The van der Waals surface area contributed by atoms with Crippen LogP contribution in [0.3, 0.4) is 0 Å². The van der Waals surface area contributed by atoms with Crippen molar-refractivity contribution in [3.8, 4) is 16.9 Å². The minimum atomic E-state index is -0.683. The van der Waals surface area contributed by atoms with Crippen LogP contribution >= 0.6 is 22.9 Å². The van der Waals surface area contributed by atoms with E-state index in [4.69, 9.17) is 22.1 Å². The summed E-state index contributed by atoms with van der Waals surface area (Å²) in [7, 11) is 1.87. The Morgan fingerprint density at radius 2 is 2.08 bits per heavy atom. The molecular formula is C25H21ClN6O4S. The monoisotopic (exact) mass is 536 g/mol. The number of amides is 1. The number of hydrogen-bond acceptors (Lipinski definition) is 8. The van der Waals surface area contributed by atoms with E-state index in [1.807, 2.05) is 36.5 Å². The van der Waals surface area contributed by atoms with Gasteiger partial charge in [0.1, 0.15) is 26.8 Å². The van der Waals surface area contributed by atoms with Gasteiger partial charge in [0.2, 0.25) is 0 Å². The van der Waals surface area contributed by atoms with Gasteiger partial charge in [0.05, 0.1) is 29.7 Å². The number of benzene rings is 2. The number of aliphatic imine (C=N–C) groups is 1. The van der Waals surface area contributed by atoms with Gasteiger partial charge < -0.3 is 10.5 Å². The molecule has 12 heteroatoms. The van der Waals surface area contributed by atoms with E-state index in [2.05, 4.69) is 16.2 Å². The van der Waals surface area contributed by atoms with Crippen LogP contribution in [0.2, 0.25) is 5.02 Å². The fourth-order valence-electron chi connectivity index (χ4n) is 4.14. The van der Waals surface area contributed by atoms with E-state index in [-0.39, 0.29) is 21.3 Å². The lowest BCUT2D eigenvalue weighted by Gasteiger charge is -2.24. The molecule has 1 aliphatic heterocycles. The van der Waals surface area contributed by atoms with Gasteiger partial charge in [0.25, 0.3) is 11.6 Å². The number of halogens is 1. The summed E-state index contributed by atoms with van der Waals surface area (Å²) in [6, 6.07) is 12.3. The Morgan fingerprint density at radius 1 is 1.27 bits per heavy atom. The number of anilines is 2. The van der Waals surface area contributed by atoms with Crippen LogP contribution < -0.4 is 15.4 Å². The highest BCUT2D eigenvalue weighted by molar-refractivity contribution is 7.18. The number of hydrogen-bond donors (Lipinski definition) is 1. The molecule has 1 aliphatic rings. The standard InChI is InChI=1S/C25H21ClN6O4S/c1-14(18-4-3-5-20(23(18)26)32(34)35)36-21-9-22(37-24(21)25(27)33)31-13-28-10-16-8-15(6-7-19(16)31)17-11-29-30(2)12-17/h3-9,11-14H,10H2,1-2H3,(H2,27,33). The first-order chi connectivity index (χ1) is 17.7. The van der Waals surface area contributed by atoms with E-state index in [0.717, 1.165) is 22.4 Å². The summed E-state index contributed by atoms with van der Waals surface area (Å²) in [5.41, 5.74) is 9.82. The Hall–Kier alpha value is -4.22. The van der Waals surface area contributed by atoms with Crippen molar-refractivity contribution in [2.75, 3.05) is 4.90 Å². The predicted octanol–water partition coefficient (Wildman–Crippen LogP) is 5.63. The molecule has 1 unspecified atom stereocenters. The summed E-state index contributed by atoms with van der Waals surface area (Å²) in [6.07, 6.45) is 4.77. The Labute approximate surface area is 220 Å². The maximum absolute atomic E-state index is 12.3. The third-order valence-corrected chi connectivity index (χ3v) is 7.47. The number of aryl methyl sites for hydroxylation is 1. The molecule has 2 aromatic heterocycles. The molecule has 0 aliphatic carbocycles. The van der Waals surface area contributed by atoms with E-state index < -0.39 is 16.9 Å². The van der Waals surface area contributed by atoms with Gasteiger partial charge >= 0.3 is 0 Å². The average Bonchev–Trinajstić information content (AvgIpc) is 3.49. The van der Waals surface area contributed by atoms with Crippen molar-refractivity contribution in [2.45, 2.75) is 19.6 Å². The molecule has 0 radical (unpaired) electrons. The minimum Gasteiger partial charge on any atom is -0.484 e. The summed E-state index contributed by atoms with van der Waals surface area (Å²) in [5.74, 6) is -0.389. The maximum Gasteiger partial charge on any atom is 0.288 e. The Kier molecular flexibility index (Phi) is 6.40. The van der Waals surface area contributed by atoms with Crippen LogP contribution in [0.25, 0.3) is 11.1 Å². The second-order valence-electron chi connectivity index (χ2n) is 8.41. The Morgan fingerprint density at radius 3 is 2.78 bits per heavy atom. The number of thiophene rings is 1. The number of nitro benzene ring substituents is 1. The second kappa shape index (κ2) is 9.68. The zero-order valence-electron chi connectivity index (χ0n) is 19.8. The molecule has 5 rings (SSSR count). The Bertz CT molecular complexity index is 1560. The maximum atomic E-state index is 12.3. The second-order valence-corrected chi connectivity index (χ2v) is 9.82. The molecule has 0 bridgehead atoms. The third kappa shape index (κ3) is 4.66. The van der Waals surface area contributed by atoms with E-state index in [0.29, 0.717) is 17.1 Å². The highest BCUT2D eigenvalue weighted by atomic mass is 35.5. The summed E-state index contributed by atoms with van der Waals surface area (Å²) in [4.78, 5) is 29.6. The molecule has 0 saturated carbocycles. The molecule has 3 heterocycles. The largest absolute Gasteiger partial charge is 0.484 e. The van der Waals surface area contributed by atoms with Crippen LogP contribution in [0.1, 0.15) is 33.8 Å². The smallest absolute Gasteiger partial charge is 0.288 e. The van der Waals surface area contributed by atoms with Crippen molar-refractivity contribution < 1.29 is 14.5 Å². The van der Waals surface area contributed by atoms with Crippen LogP contribution in [-0.4, -0.2) is 26.9 Å². The lowest BCUT2D eigenvalue weighted by Crippen LogP contribution is -2.18. The summed E-state index contributed by atoms with van der Waals surface area (Å²) in [5, 5.41) is 16.2.